The molecule has 2 aromatic rings. The molecule has 0 radical (unpaired) electrons. The molecule has 0 aliphatic carbocycles. The monoisotopic (exact) mass is 398 g/mol. The van der Waals surface area contributed by atoms with Crippen LogP contribution in [0.25, 0.3) is 0 Å². The van der Waals surface area contributed by atoms with Crippen LogP contribution in [0.15, 0.2) is 47.4 Å². The molecule has 0 aromatic heterocycles. The number of amides is 1. The number of methoxy groups -OCH3 is 2. The Hall–Kier alpha value is -2.29. The fraction of sp³-hybridized carbons (Fsp3) is 0.235. The molecule has 2 rings (SSSR count). The van der Waals surface area contributed by atoms with Crippen LogP contribution < -0.4 is 19.5 Å². The lowest BCUT2D eigenvalue weighted by molar-refractivity contribution is -0.117. The Kier molecular flexibility index (Phi) is 6.47. The van der Waals surface area contributed by atoms with Crippen LogP contribution in [0.1, 0.15) is 6.92 Å². The molecule has 0 saturated heterocycles. The summed E-state index contributed by atoms with van der Waals surface area (Å²) in [7, 11) is -0.909. The van der Waals surface area contributed by atoms with Gasteiger partial charge >= 0.3 is 0 Å². The number of nitrogens with one attached hydrogen (secondary N) is 2. The van der Waals surface area contributed by atoms with Gasteiger partial charge in [-0.3, -0.25) is 4.79 Å². The van der Waals surface area contributed by atoms with Crippen molar-refractivity contribution in [1.82, 2.24) is 4.72 Å². The first kappa shape index (κ1) is 20.0. The Morgan fingerprint density at radius 3 is 2.31 bits per heavy atom. The molecule has 7 nitrogen and oxygen atoms in total. The van der Waals surface area contributed by atoms with Crippen molar-refractivity contribution in [3.8, 4) is 11.5 Å². The first-order valence-electron chi connectivity index (χ1n) is 7.57. The number of ether oxygens (including phenoxy) is 2. The minimum Gasteiger partial charge on any atom is -0.497 e. The van der Waals surface area contributed by atoms with Crippen LogP contribution in [-0.2, 0) is 14.8 Å². The fourth-order valence-electron chi connectivity index (χ4n) is 2.12. The second-order valence-electron chi connectivity index (χ2n) is 5.35. The molecule has 1 amide bonds. The minimum absolute atomic E-state index is 0.0144. The maximum Gasteiger partial charge on any atom is 0.242 e. The fourth-order valence-corrected chi connectivity index (χ4v) is 3.45. The number of hydrogen-bond donors (Lipinski definition) is 2. The van der Waals surface area contributed by atoms with Crippen molar-refractivity contribution in [2.75, 3.05) is 19.5 Å². The molecule has 26 heavy (non-hydrogen) atoms. The van der Waals surface area contributed by atoms with Gasteiger partial charge in [-0.15, -0.1) is 0 Å². The largest absolute Gasteiger partial charge is 0.497 e. The summed E-state index contributed by atoms with van der Waals surface area (Å²) < 4.78 is 37.3. The lowest BCUT2D eigenvalue weighted by atomic mass is 10.2. The van der Waals surface area contributed by atoms with Gasteiger partial charge in [0, 0.05) is 11.1 Å². The summed E-state index contributed by atoms with van der Waals surface area (Å²) >= 11 is 5.76. The van der Waals surface area contributed by atoms with Crippen LogP contribution in [0.3, 0.4) is 0 Å². The predicted octanol–water partition coefficient (Wildman–Crippen LogP) is 2.66. The summed E-state index contributed by atoms with van der Waals surface area (Å²) in [6.45, 7) is 1.44. The number of anilines is 1. The van der Waals surface area contributed by atoms with E-state index in [0.29, 0.717) is 22.2 Å². The van der Waals surface area contributed by atoms with Gasteiger partial charge < -0.3 is 14.8 Å². The van der Waals surface area contributed by atoms with Crippen LogP contribution in [0.5, 0.6) is 11.5 Å². The summed E-state index contributed by atoms with van der Waals surface area (Å²) in [5.74, 6) is 0.400. The van der Waals surface area contributed by atoms with E-state index in [1.54, 1.807) is 18.2 Å². The highest BCUT2D eigenvalue weighted by Gasteiger charge is 2.23. The Morgan fingerprint density at radius 1 is 1.08 bits per heavy atom. The highest BCUT2D eigenvalue weighted by molar-refractivity contribution is 7.89. The molecule has 0 unspecified atom stereocenters. The lowest BCUT2D eigenvalue weighted by Gasteiger charge is -2.16. The maximum absolute atomic E-state index is 12.4. The van der Waals surface area contributed by atoms with Crippen LogP contribution in [0.2, 0.25) is 5.02 Å². The van der Waals surface area contributed by atoms with Crippen LogP contribution in [0, 0.1) is 0 Å². The minimum atomic E-state index is -3.87. The van der Waals surface area contributed by atoms with Crippen molar-refractivity contribution in [3.63, 3.8) is 0 Å². The normalized spacial score (nSPS) is 12.3. The standard InChI is InChI=1S/C17H19ClN2O5S/c1-11(20-26(22,23)14-7-4-12(18)5-8-14)17(21)19-15-10-13(24-2)6-9-16(15)25-3/h4-11,20H,1-3H3,(H,19,21)/t11-/m1/s1. The van der Waals surface area contributed by atoms with Crippen molar-refractivity contribution < 1.29 is 22.7 Å². The van der Waals surface area contributed by atoms with E-state index in [1.165, 1.54) is 45.4 Å². The first-order valence-corrected chi connectivity index (χ1v) is 9.43. The number of halogens is 1. The smallest absolute Gasteiger partial charge is 0.242 e. The van der Waals surface area contributed by atoms with E-state index in [2.05, 4.69) is 10.0 Å². The van der Waals surface area contributed by atoms with Crippen molar-refractivity contribution in [1.29, 1.82) is 0 Å². The highest BCUT2D eigenvalue weighted by atomic mass is 35.5. The third-order valence-corrected chi connectivity index (χ3v) is 5.32. The summed E-state index contributed by atoms with van der Waals surface area (Å²) in [6.07, 6.45) is 0. The van der Waals surface area contributed by atoms with Gasteiger partial charge in [-0.05, 0) is 43.3 Å². The zero-order chi connectivity index (χ0) is 19.3. The number of carbonyl (C=O) groups is 1. The number of carbonyl (C=O) groups excluding carboxylic acids is 1. The molecule has 0 fully saturated rings. The van der Waals surface area contributed by atoms with Gasteiger partial charge in [-0.1, -0.05) is 11.6 Å². The van der Waals surface area contributed by atoms with Crippen LogP contribution >= 0.6 is 11.6 Å². The molecule has 2 N–H and O–H groups in total. The molecule has 1 atom stereocenters. The molecule has 2 aromatic carbocycles. The topological polar surface area (TPSA) is 93.7 Å². The van der Waals surface area contributed by atoms with Crippen molar-refractivity contribution in [3.05, 3.63) is 47.5 Å². The van der Waals surface area contributed by atoms with E-state index in [-0.39, 0.29) is 4.90 Å². The SMILES string of the molecule is COc1ccc(OC)c(NC(=O)[C@@H](C)NS(=O)(=O)c2ccc(Cl)cc2)c1. The van der Waals surface area contributed by atoms with E-state index < -0.39 is 22.0 Å². The second kappa shape index (κ2) is 8.39. The molecule has 0 aliphatic heterocycles. The first-order chi connectivity index (χ1) is 12.3. The van der Waals surface area contributed by atoms with Gasteiger partial charge in [0.1, 0.15) is 11.5 Å². The molecule has 0 aliphatic rings. The van der Waals surface area contributed by atoms with Gasteiger partial charge in [-0.25, -0.2) is 8.42 Å². The predicted molar refractivity (Wildman–Crippen MR) is 99.4 cm³/mol. The third kappa shape index (κ3) is 4.87. The van der Waals surface area contributed by atoms with Crippen LogP contribution in [0.4, 0.5) is 5.69 Å². The van der Waals surface area contributed by atoms with Gasteiger partial charge in [0.2, 0.25) is 15.9 Å². The quantitative estimate of drug-likeness (QED) is 0.747. The van der Waals surface area contributed by atoms with Crippen molar-refractivity contribution in [2.45, 2.75) is 17.9 Å². The van der Waals surface area contributed by atoms with Gasteiger partial charge in [0.15, 0.2) is 0 Å². The molecule has 9 heteroatoms. The van der Waals surface area contributed by atoms with E-state index in [9.17, 15) is 13.2 Å². The second-order valence-corrected chi connectivity index (χ2v) is 7.50. The van der Waals surface area contributed by atoms with E-state index in [0.717, 1.165) is 0 Å². The molecular formula is C17H19ClN2O5S. The molecule has 0 heterocycles. The van der Waals surface area contributed by atoms with E-state index in [4.69, 9.17) is 21.1 Å². The Labute approximate surface area is 157 Å². The van der Waals surface area contributed by atoms with Crippen molar-refractivity contribution >= 4 is 33.2 Å². The number of benzene rings is 2. The molecule has 0 saturated carbocycles. The van der Waals surface area contributed by atoms with Gasteiger partial charge in [-0.2, -0.15) is 4.72 Å². The molecular weight excluding hydrogens is 380 g/mol. The number of rotatable bonds is 7. The van der Waals surface area contributed by atoms with E-state index in [1.807, 2.05) is 0 Å². The average Bonchev–Trinajstić information content (AvgIpc) is 2.61. The molecule has 0 bridgehead atoms. The summed E-state index contributed by atoms with van der Waals surface area (Å²) in [4.78, 5) is 12.4. The Bertz CT molecular complexity index is 885. The zero-order valence-electron chi connectivity index (χ0n) is 14.4. The average molecular weight is 399 g/mol. The van der Waals surface area contributed by atoms with E-state index >= 15 is 0 Å². The number of sulfonamides is 1. The summed E-state index contributed by atoms with van der Waals surface area (Å²) in [6, 6.07) is 9.52. The molecule has 140 valence electrons. The van der Waals surface area contributed by atoms with Gasteiger partial charge in [0.05, 0.1) is 30.8 Å². The Balaban J connectivity index is 2.14. The van der Waals surface area contributed by atoms with Crippen molar-refractivity contribution in [2.24, 2.45) is 0 Å². The highest BCUT2D eigenvalue weighted by Crippen LogP contribution is 2.29. The maximum atomic E-state index is 12.4. The third-order valence-electron chi connectivity index (χ3n) is 3.51. The molecule has 0 spiro atoms. The lowest BCUT2D eigenvalue weighted by Crippen LogP contribution is -2.41. The summed E-state index contributed by atoms with van der Waals surface area (Å²) in [5.41, 5.74) is 0.370. The zero-order valence-corrected chi connectivity index (χ0v) is 16.0. The number of hydrogen-bond acceptors (Lipinski definition) is 5. The Morgan fingerprint density at radius 2 is 1.73 bits per heavy atom. The summed E-state index contributed by atoms with van der Waals surface area (Å²) in [5, 5.41) is 3.04. The van der Waals surface area contributed by atoms with Crippen LogP contribution in [-0.4, -0.2) is 34.6 Å². The van der Waals surface area contributed by atoms with Gasteiger partial charge in [0.25, 0.3) is 0 Å².